The lowest BCUT2D eigenvalue weighted by atomic mass is 10.0. The smallest absolute Gasteiger partial charge is 0.410 e. The van der Waals surface area contributed by atoms with Crippen LogP contribution in [0.4, 0.5) is 77.1 Å². The number of nitrogens with two attached hydrogens (primary N) is 1. The first-order valence-corrected chi connectivity index (χ1v) is 33.7. The van der Waals surface area contributed by atoms with Gasteiger partial charge in [0.15, 0.2) is 30.7 Å². The fourth-order valence-electron chi connectivity index (χ4n) is 10.8. The average molecular weight is 1490 g/mol. The van der Waals surface area contributed by atoms with Gasteiger partial charge in [-0.1, -0.05) is 87.0 Å². The first kappa shape index (κ1) is 69.9. The highest BCUT2D eigenvalue weighted by Crippen LogP contribution is 2.45. The number of anilines is 9. The summed E-state index contributed by atoms with van der Waals surface area (Å²) in [4.78, 5) is 107. The normalized spacial score (nSPS) is 15.2. The van der Waals surface area contributed by atoms with Crippen LogP contribution >= 0.6 is 105 Å². The molecule has 5 amide bonds. The van der Waals surface area contributed by atoms with Gasteiger partial charge in [-0.25, -0.2) is 34.3 Å². The van der Waals surface area contributed by atoms with Gasteiger partial charge < -0.3 is 30.5 Å². The number of benzene rings is 7. The van der Waals surface area contributed by atoms with Crippen LogP contribution in [-0.2, 0) is 19.2 Å². The minimum Gasteiger partial charge on any atom is -0.410 e. The number of nitrogens with zero attached hydrogens (tertiary/aromatic N) is 13. The van der Waals surface area contributed by atoms with Crippen molar-refractivity contribution in [3.05, 3.63) is 193 Å². The molecule has 0 saturated carbocycles. The van der Waals surface area contributed by atoms with E-state index in [4.69, 9.17) is 102 Å². The van der Waals surface area contributed by atoms with Crippen LogP contribution < -0.4 is 50.5 Å². The number of rotatable bonds is 10. The number of hydrogen-bond acceptors (Lipinski definition) is 18. The largest absolute Gasteiger partial charge is 0.418 e. The Hall–Kier alpha value is -10.4. The minimum atomic E-state index is -1.04. The van der Waals surface area contributed by atoms with E-state index in [0.29, 0.717) is 71.3 Å². The maximum absolute atomic E-state index is 13.5. The molecule has 3 saturated heterocycles. The number of nitrogen functional groups attached to an aromatic ring is 1. The second-order valence-electron chi connectivity index (χ2n) is 23.2. The number of nitro groups is 1. The average Bonchev–Trinajstić information content (AvgIpc) is 1.60. The van der Waals surface area contributed by atoms with Crippen molar-refractivity contribution in [3.8, 4) is 5.75 Å². The molecule has 99 heavy (non-hydrogen) atoms. The summed E-state index contributed by atoms with van der Waals surface area (Å²) in [5.74, 6) is -0.705. The third kappa shape index (κ3) is 13.3. The van der Waals surface area contributed by atoms with Crippen molar-refractivity contribution >= 4 is 253 Å². The van der Waals surface area contributed by atoms with E-state index in [-0.39, 0.29) is 66.1 Å². The Morgan fingerprint density at radius 2 is 0.859 bits per heavy atom. The topological polar surface area (TPSA) is 259 Å². The van der Waals surface area contributed by atoms with Crippen molar-refractivity contribution in [2.75, 3.05) is 45.8 Å². The predicted octanol–water partition coefficient (Wildman–Crippen LogP) is 17.3. The van der Waals surface area contributed by atoms with Gasteiger partial charge in [0, 0.05) is 51.2 Å². The van der Waals surface area contributed by atoms with Crippen molar-refractivity contribution in [1.82, 2.24) is 15.0 Å². The monoisotopic (exact) mass is 1490 g/mol. The molecule has 3 fully saturated rings. The lowest BCUT2D eigenvalue weighted by molar-refractivity contribution is -0.384. The highest BCUT2D eigenvalue weighted by Gasteiger charge is 2.53. The second-order valence-corrected chi connectivity index (χ2v) is 28.6. The number of aromatic nitrogens is 3. The van der Waals surface area contributed by atoms with Crippen LogP contribution in [0.3, 0.4) is 0 Å². The van der Waals surface area contributed by atoms with Gasteiger partial charge in [0.25, 0.3) is 23.4 Å². The maximum Gasteiger partial charge on any atom is 0.418 e. The summed E-state index contributed by atoms with van der Waals surface area (Å²) in [6, 6.07) is 36.1. The summed E-state index contributed by atoms with van der Waals surface area (Å²) in [6.45, 7) is 33.6. The Balaban J connectivity index is 0.000000153. The molecule has 0 radical (unpaired) electrons. The molecule has 0 spiro atoms. The van der Waals surface area contributed by atoms with Crippen LogP contribution in [0.1, 0.15) is 48.5 Å². The van der Waals surface area contributed by atoms with E-state index >= 15 is 0 Å². The summed E-state index contributed by atoms with van der Waals surface area (Å²) in [7, 11) is 0. The Bertz CT molecular complexity index is 5290. The Morgan fingerprint density at radius 1 is 0.525 bits per heavy atom. The number of hydrogen-bond donors (Lipinski definition) is 3. The summed E-state index contributed by atoms with van der Waals surface area (Å²) in [5, 5.41) is 18.9. The van der Waals surface area contributed by atoms with E-state index in [1.807, 2.05) is 56.3 Å². The standard InChI is InChI=1S/C26H17ClN6O5S2.C21H16ClN5O2S2.C19H14ClN5OS2/c1-26(2)22(34)31(15-6-10-19(28-3)18(27)12-15)25(39)32(26)16-7-11-21-20(13-16)29-23(40-21)30-24(35)38-17-8-4-14(5-9-17)33(36)37;1-11(28)24-19-25-16-10-13(6-8-17(16)31-19)27-20(30)26(18(29)21(27,2)3)12-5-7-15(23-4)14(22)9-12;1-19(2)16(26)24(10-4-6-13(22-3)12(20)8-10)18(27)25(19)11-5-7-15-14(9-11)23-17(21)28-15/h4-13H,1-2H3,(H,29,30,35);5-10H,1-3H3,(H,24,25,28);4-9H,1-2H3,(H2,21,23). The molecule has 3 aliphatic heterocycles. The number of amides is 5. The van der Waals surface area contributed by atoms with Crippen LogP contribution in [0.2, 0.25) is 15.1 Å². The first-order chi connectivity index (χ1) is 46.9. The fraction of sp³-hybridized carbons (Fsp3) is 0.152. The summed E-state index contributed by atoms with van der Waals surface area (Å²) < 4.78 is 7.82. The predicted molar refractivity (Wildman–Crippen MR) is 403 cm³/mol. The number of ether oxygens (including phenoxy) is 1. The Labute approximate surface area is 606 Å². The first-order valence-electron chi connectivity index (χ1n) is 28.9. The highest BCUT2D eigenvalue weighted by atomic mass is 35.5. The molecular formula is C66H47Cl3N16O8S6. The Morgan fingerprint density at radius 3 is 1.19 bits per heavy atom. The lowest BCUT2D eigenvalue weighted by Gasteiger charge is -2.29. The van der Waals surface area contributed by atoms with Crippen LogP contribution in [0.25, 0.3) is 45.2 Å². The summed E-state index contributed by atoms with van der Waals surface area (Å²) in [6.07, 6.45) is -0.806. The molecule has 33 heteroatoms. The van der Waals surface area contributed by atoms with Gasteiger partial charge in [-0.2, -0.15) is 0 Å². The van der Waals surface area contributed by atoms with E-state index in [1.54, 1.807) is 103 Å². The Kier molecular flexibility index (Phi) is 19.1. The summed E-state index contributed by atoms with van der Waals surface area (Å²) in [5.41, 5.74) is 9.27. The molecule has 0 aliphatic carbocycles. The van der Waals surface area contributed by atoms with Crippen molar-refractivity contribution in [3.63, 3.8) is 0 Å². The van der Waals surface area contributed by atoms with Crippen LogP contribution in [0.15, 0.2) is 133 Å². The quantitative estimate of drug-likeness (QED) is 0.0497. The molecule has 3 aromatic heterocycles. The van der Waals surface area contributed by atoms with Gasteiger partial charge in [-0.3, -0.25) is 49.3 Å². The number of thiocarbonyl (C=S) groups is 3. The molecule has 496 valence electrons. The molecule has 0 atom stereocenters. The zero-order chi connectivity index (χ0) is 71.5. The lowest BCUT2D eigenvalue weighted by Crippen LogP contribution is -2.44. The van der Waals surface area contributed by atoms with E-state index in [0.717, 1.165) is 25.3 Å². The van der Waals surface area contributed by atoms with E-state index in [9.17, 15) is 34.1 Å². The van der Waals surface area contributed by atoms with Gasteiger partial charge in [-0.05, 0) is 181 Å². The van der Waals surface area contributed by atoms with E-state index in [1.165, 1.54) is 86.0 Å². The highest BCUT2D eigenvalue weighted by molar-refractivity contribution is 7.81. The van der Waals surface area contributed by atoms with Gasteiger partial charge in [0.1, 0.15) is 22.4 Å². The maximum atomic E-state index is 13.5. The van der Waals surface area contributed by atoms with E-state index in [2.05, 4.69) is 40.1 Å². The minimum absolute atomic E-state index is 0.123. The zero-order valence-corrected chi connectivity index (χ0v) is 59.6. The second kappa shape index (κ2) is 27.1. The molecule has 24 nitrogen and oxygen atoms in total. The van der Waals surface area contributed by atoms with Crippen LogP contribution in [0.5, 0.6) is 5.75 Å². The SMILES string of the molecule is [C-]#[N+]c1ccc(N2C(=O)C(C)(C)N(c3ccc4sc(N)nc4c3)C2=S)cc1Cl.[C-]#[N+]c1ccc(N2C(=O)C(C)(C)N(c3ccc4sc(NC(=O)Oc5ccc([N+](=O)[O-])cc5)nc4c3)C2=S)cc1Cl.[C-]#[N+]c1ccc(N2C(=O)C(C)(C)N(c3ccc4sc(NC(C)=O)nc4c3)C2=S)cc1Cl. The van der Waals surface area contributed by atoms with Gasteiger partial charge in [0.2, 0.25) is 23.0 Å². The van der Waals surface area contributed by atoms with Gasteiger partial charge >= 0.3 is 6.09 Å². The number of fused-ring (bicyclic) bond motifs is 3. The van der Waals surface area contributed by atoms with Gasteiger partial charge in [0.05, 0.1) is 72.4 Å². The van der Waals surface area contributed by atoms with E-state index < -0.39 is 27.6 Å². The van der Waals surface area contributed by atoms with Crippen molar-refractivity contribution in [2.24, 2.45) is 0 Å². The number of non-ortho nitro benzene ring substituents is 1. The number of carbonyl (C=O) groups is 5. The molecule has 0 bridgehead atoms. The molecule has 10 aromatic rings. The molecular weight excluding hydrogens is 1440 g/mol. The molecule has 6 heterocycles. The summed E-state index contributed by atoms with van der Waals surface area (Å²) >= 11 is 39.7. The van der Waals surface area contributed by atoms with Crippen molar-refractivity contribution in [2.45, 2.75) is 65.1 Å². The molecule has 7 aromatic carbocycles. The molecule has 0 unspecified atom stereocenters. The third-order valence-electron chi connectivity index (χ3n) is 15.6. The number of nitro benzene ring substituents is 1. The number of nitrogens with one attached hydrogen (secondary N) is 2. The number of halogens is 3. The molecule has 13 rings (SSSR count). The third-order valence-corrected chi connectivity index (χ3v) is 20.4. The fourth-order valence-corrected chi connectivity index (χ4v) is 15.5. The van der Waals surface area contributed by atoms with Crippen molar-refractivity contribution < 1.29 is 33.6 Å². The van der Waals surface area contributed by atoms with Crippen molar-refractivity contribution in [1.29, 1.82) is 0 Å². The molecule has 4 N–H and O–H groups in total. The van der Waals surface area contributed by atoms with Gasteiger partial charge in [-0.15, -0.1) is 0 Å². The number of thiazole rings is 3. The van der Waals surface area contributed by atoms with Crippen LogP contribution in [0, 0.1) is 29.8 Å². The van der Waals surface area contributed by atoms with Crippen LogP contribution in [-0.4, -0.2) is 81.6 Å². The zero-order valence-electron chi connectivity index (χ0n) is 52.4. The number of carbonyl (C=O) groups excluding carboxylic acids is 5. The molecule has 3 aliphatic rings.